The second-order valence-corrected chi connectivity index (χ2v) is 5.26. The van der Waals surface area contributed by atoms with Gasteiger partial charge in [-0.25, -0.2) is 4.98 Å². The average Bonchev–Trinajstić information content (AvgIpc) is 3.09. The summed E-state index contributed by atoms with van der Waals surface area (Å²) in [6.45, 7) is 0.442. The highest BCUT2D eigenvalue weighted by atomic mass is 16.5. The van der Waals surface area contributed by atoms with E-state index >= 15 is 0 Å². The van der Waals surface area contributed by atoms with Crippen LogP contribution in [-0.4, -0.2) is 26.0 Å². The van der Waals surface area contributed by atoms with Gasteiger partial charge in [-0.1, -0.05) is 6.07 Å². The van der Waals surface area contributed by atoms with Crippen LogP contribution in [0.3, 0.4) is 0 Å². The minimum absolute atomic E-state index is 0.0906. The summed E-state index contributed by atoms with van der Waals surface area (Å²) in [5.74, 6) is 0.705. The summed E-state index contributed by atoms with van der Waals surface area (Å²) in [6, 6.07) is 9.49. The molecule has 0 fully saturated rings. The number of hydrogen-bond donors (Lipinski definition) is 0. The highest BCUT2D eigenvalue weighted by Gasteiger charge is 2.12. The minimum Gasteiger partial charge on any atom is -0.497 e. The van der Waals surface area contributed by atoms with Gasteiger partial charge in [0.2, 0.25) is 0 Å². The molecule has 4 aromatic rings. The summed E-state index contributed by atoms with van der Waals surface area (Å²) in [7, 11) is 1.61. The quantitative estimate of drug-likeness (QED) is 0.581. The highest BCUT2D eigenvalue weighted by molar-refractivity contribution is 5.80. The first-order chi connectivity index (χ1) is 11.3. The van der Waals surface area contributed by atoms with Gasteiger partial charge in [0.25, 0.3) is 5.56 Å². The van der Waals surface area contributed by atoms with E-state index in [1.807, 2.05) is 30.3 Å². The van der Waals surface area contributed by atoms with Crippen LogP contribution in [0.4, 0.5) is 0 Å². The summed E-state index contributed by atoms with van der Waals surface area (Å²) in [6.07, 6.45) is 6.72. The van der Waals surface area contributed by atoms with Crippen LogP contribution in [0.25, 0.3) is 16.6 Å². The molecule has 0 aliphatic carbocycles. The maximum atomic E-state index is 12.8. The Labute approximate surface area is 131 Å². The van der Waals surface area contributed by atoms with Gasteiger partial charge < -0.3 is 9.30 Å². The van der Waals surface area contributed by atoms with Crippen molar-refractivity contribution in [2.75, 3.05) is 7.11 Å². The van der Waals surface area contributed by atoms with Gasteiger partial charge in [-0.2, -0.15) is 0 Å². The van der Waals surface area contributed by atoms with Gasteiger partial charge in [-0.15, -0.1) is 0 Å². The lowest BCUT2D eigenvalue weighted by Gasteiger charge is -2.13. The normalized spacial score (nSPS) is 11.2. The van der Waals surface area contributed by atoms with Gasteiger partial charge in [0.05, 0.1) is 37.2 Å². The van der Waals surface area contributed by atoms with Crippen molar-refractivity contribution in [1.29, 1.82) is 0 Å². The van der Waals surface area contributed by atoms with Gasteiger partial charge in [0, 0.05) is 18.5 Å². The first kappa shape index (κ1) is 13.5. The van der Waals surface area contributed by atoms with Crippen LogP contribution in [0.15, 0.2) is 60.0 Å². The van der Waals surface area contributed by atoms with Crippen LogP contribution < -0.4 is 10.3 Å². The fourth-order valence-electron chi connectivity index (χ4n) is 2.77. The summed E-state index contributed by atoms with van der Waals surface area (Å²) >= 11 is 0. The van der Waals surface area contributed by atoms with Crippen molar-refractivity contribution < 1.29 is 4.74 Å². The Bertz CT molecular complexity index is 1050. The third-order valence-corrected chi connectivity index (χ3v) is 3.90. The molecule has 0 amide bonds. The molecule has 0 unspecified atom stereocenters. The largest absolute Gasteiger partial charge is 0.497 e. The Morgan fingerprint density at radius 2 is 2.00 bits per heavy atom. The van der Waals surface area contributed by atoms with Crippen LogP contribution >= 0.6 is 0 Å². The molecular formula is C17H14N4O2. The number of rotatable bonds is 3. The topological polar surface area (TPSA) is 61.4 Å². The number of benzene rings is 1. The molecule has 0 bridgehead atoms. The Hall–Kier alpha value is -3.15. The van der Waals surface area contributed by atoms with Gasteiger partial charge in [0.1, 0.15) is 11.3 Å². The number of hydrogen-bond acceptors (Lipinski definition) is 4. The molecule has 0 aliphatic heterocycles. The van der Waals surface area contributed by atoms with Gasteiger partial charge in [-0.3, -0.25) is 14.2 Å². The van der Waals surface area contributed by atoms with Crippen LogP contribution in [-0.2, 0) is 6.54 Å². The fraction of sp³-hybridized carbons (Fsp3) is 0.118. The van der Waals surface area contributed by atoms with Crippen molar-refractivity contribution in [3.8, 4) is 5.75 Å². The SMILES string of the molecule is COc1ccc2c(c1)n(Cc1cccnc1)c(=O)c1cncn12. The number of methoxy groups -OCH3 is 1. The molecule has 0 saturated carbocycles. The van der Waals surface area contributed by atoms with Gasteiger partial charge in [-0.05, 0) is 23.8 Å². The average molecular weight is 306 g/mol. The van der Waals surface area contributed by atoms with E-state index in [9.17, 15) is 4.79 Å². The van der Waals surface area contributed by atoms with E-state index in [0.29, 0.717) is 17.8 Å². The third-order valence-electron chi connectivity index (χ3n) is 3.90. The first-order valence-electron chi connectivity index (χ1n) is 7.19. The standard InChI is InChI=1S/C17H14N4O2/c1-23-13-4-5-14-15(7-13)20(10-12-3-2-6-18-8-12)17(22)16-9-19-11-21(14)16/h2-9,11H,10H2,1H3. The lowest BCUT2D eigenvalue weighted by Crippen LogP contribution is -2.23. The van der Waals surface area contributed by atoms with E-state index in [4.69, 9.17) is 4.74 Å². The summed E-state index contributed by atoms with van der Waals surface area (Å²) in [4.78, 5) is 21.1. The second-order valence-electron chi connectivity index (χ2n) is 5.26. The van der Waals surface area contributed by atoms with E-state index in [0.717, 1.165) is 16.6 Å². The Kier molecular flexibility index (Phi) is 3.08. The van der Waals surface area contributed by atoms with Crippen molar-refractivity contribution in [3.63, 3.8) is 0 Å². The second kappa shape index (κ2) is 5.24. The van der Waals surface area contributed by atoms with E-state index < -0.39 is 0 Å². The van der Waals surface area contributed by atoms with Crippen molar-refractivity contribution in [1.82, 2.24) is 18.9 Å². The third kappa shape index (κ3) is 2.15. The molecule has 3 aromatic heterocycles. The zero-order chi connectivity index (χ0) is 15.8. The number of nitrogens with zero attached hydrogens (tertiary/aromatic N) is 4. The Morgan fingerprint density at radius 1 is 1.09 bits per heavy atom. The lowest BCUT2D eigenvalue weighted by atomic mass is 10.2. The number of aromatic nitrogens is 4. The molecule has 114 valence electrons. The Morgan fingerprint density at radius 3 is 2.78 bits per heavy atom. The van der Waals surface area contributed by atoms with Crippen molar-refractivity contribution in [2.45, 2.75) is 6.54 Å². The molecule has 0 spiro atoms. The van der Waals surface area contributed by atoms with E-state index in [1.165, 1.54) is 0 Å². The summed E-state index contributed by atoms with van der Waals surface area (Å²) < 4.78 is 8.84. The molecule has 0 atom stereocenters. The van der Waals surface area contributed by atoms with Gasteiger partial charge in [0.15, 0.2) is 0 Å². The molecule has 0 saturated heterocycles. The van der Waals surface area contributed by atoms with E-state index in [-0.39, 0.29) is 5.56 Å². The maximum absolute atomic E-state index is 12.8. The fourth-order valence-corrected chi connectivity index (χ4v) is 2.77. The van der Waals surface area contributed by atoms with Gasteiger partial charge >= 0.3 is 0 Å². The van der Waals surface area contributed by atoms with Crippen LogP contribution in [0.2, 0.25) is 0 Å². The molecule has 0 radical (unpaired) electrons. The maximum Gasteiger partial charge on any atom is 0.277 e. The predicted molar refractivity (Wildman–Crippen MR) is 86.8 cm³/mol. The lowest BCUT2D eigenvalue weighted by molar-refractivity contribution is 0.415. The molecule has 23 heavy (non-hydrogen) atoms. The number of imidazole rings is 1. The molecule has 4 rings (SSSR count). The number of fused-ring (bicyclic) bond motifs is 3. The van der Waals surface area contributed by atoms with E-state index in [2.05, 4.69) is 9.97 Å². The molecule has 1 aromatic carbocycles. The molecule has 0 N–H and O–H groups in total. The molecule has 0 aliphatic rings. The summed E-state index contributed by atoms with van der Waals surface area (Å²) in [5, 5.41) is 0. The molecular weight excluding hydrogens is 292 g/mol. The summed E-state index contributed by atoms with van der Waals surface area (Å²) in [5.41, 5.74) is 3.12. The Balaban J connectivity index is 2.05. The smallest absolute Gasteiger partial charge is 0.277 e. The highest BCUT2D eigenvalue weighted by Crippen LogP contribution is 2.21. The van der Waals surface area contributed by atoms with Crippen molar-refractivity contribution in [3.05, 3.63) is 71.2 Å². The molecule has 6 nitrogen and oxygen atoms in total. The molecule has 3 heterocycles. The molecule has 6 heteroatoms. The first-order valence-corrected chi connectivity index (χ1v) is 7.19. The van der Waals surface area contributed by atoms with Crippen LogP contribution in [0.1, 0.15) is 5.56 Å². The number of ether oxygens (including phenoxy) is 1. The van der Waals surface area contributed by atoms with Crippen molar-refractivity contribution >= 4 is 16.6 Å². The van der Waals surface area contributed by atoms with Crippen molar-refractivity contribution in [2.24, 2.45) is 0 Å². The monoisotopic (exact) mass is 306 g/mol. The van der Waals surface area contributed by atoms with Crippen LogP contribution in [0, 0.1) is 0 Å². The zero-order valence-corrected chi connectivity index (χ0v) is 12.5. The number of pyridine rings is 1. The predicted octanol–water partition coefficient (Wildman–Crippen LogP) is 2.10. The minimum atomic E-state index is -0.0906. The zero-order valence-electron chi connectivity index (χ0n) is 12.5. The van der Waals surface area contributed by atoms with Crippen LogP contribution in [0.5, 0.6) is 5.75 Å². The van der Waals surface area contributed by atoms with E-state index in [1.54, 1.807) is 41.0 Å².